The minimum Gasteiger partial charge on any atom is -0.397 e. The van der Waals surface area contributed by atoms with Crippen LogP contribution in [0.1, 0.15) is 26.4 Å². The van der Waals surface area contributed by atoms with Gasteiger partial charge in [-0.15, -0.1) is 11.3 Å². The Labute approximate surface area is 131 Å². The van der Waals surface area contributed by atoms with Gasteiger partial charge in [-0.3, -0.25) is 4.79 Å². The minimum atomic E-state index is -0.100. The summed E-state index contributed by atoms with van der Waals surface area (Å²) in [7, 11) is 0. The van der Waals surface area contributed by atoms with Crippen LogP contribution in [0.3, 0.4) is 0 Å². The Kier molecular flexibility index (Phi) is 3.69. The summed E-state index contributed by atoms with van der Waals surface area (Å²) >= 11 is 3.10. The predicted octanol–water partition coefficient (Wildman–Crippen LogP) is 4.09. The first-order valence-electron chi connectivity index (χ1n) is 6.64. The quantitative estimate of drug-likeness (QED) is 0.764. The van der Waals surface area contributed by atoms with Crippen molar-refractivity contribution in [2.45, 2.75) is 20.4 Å². The Morgan fingerprint density at radius 3 is 2.81 bits per heavy atom. The van der Waals surface area contributed by atoms with Gasteiger partial charge < -0.3 is 11.1 Å². The number of nitrogen functional groups attached to an aromatic ring is 1. The van der Waals surface area contributed by atoms with E-state index in [1.165, 1.54) is 22.5 Å². The lowest BCUT2D eigenvalue weighted by molar-refractivity contribution is 0.0956. The molecule has 2 aromatic heterocycles. The summed E-state index contributed by atoms with van der Waals surface area (Å²) < 4.78 is 1.06. The third-order valence-corrected chi connectivity index (χ3v) is 5.57. The number of aryl methyl sites for hydroxylation is 2. The van der Waals surface area contributed by atoms with Gasteiger partial charge in [-0.1, -0.05) is 12.1 Å². The van der Waals surface area contributed by atoms with Crippen molar-refractivity contribution >= 4 is 44.4 Å². The molecule has 0 spiro atoms. The smallest absolute Gasteiger partial charge is 0.263 e. The van der Waals surface area contributed by atoms with Crippen molar-refractivity contribution in [1.82, 2.24) is 5.32 Å². The summed E-state index contributed by atoms with van der Waals surface area (Å²) in [5, 5.41) is 8.06. The predicted molar refractivity (Wildman–Crippen MR) is 91.2 cm³/mol. The molecule has 1 aromatic carbocycles. The van der Waals surface area contributed by atoms with Crippen LogP contribution in [-0.2, 0) is 6.54 Å². The van der Waals surface area contributed by atoms with Gasteiger partial charge in [0.1, 0.15) is 4.88 Å². The van der Waals surface area contributed by atoms with Gasteiger partial charge in [0.15, 0.2) is 0 Å². The van der Waals surface area contributed by atoms with E-state index in [1.54, 1.807) is 11.3 Å². The second kappa shape index (κ2) is 5.50. The van der Waals surface area contributed by atoms with E-state index in [2.05, 4.69) is 29.1 Å². The molecule has 0 bridgehead atoms. The van der Waals surface area contributed by atoms with E-state index in [0.29, 0.717) is 17.1 Å². The van der Waals surface area contributed by atoms with Gasteiger partial charge in [0, 0.05) is 16.6 Å². The van der Waals surface area contributed by atoms with Crippen LogP contribution in [0.4, 0.5) is 5.69 Å². The summed E-state index contributed by atoms with van der Waals surface area (Å²) in [4.78, 5) is 12.9. The fourth-order valence-electron chi connectivity index (χ4n) is 2.22. The van der Waals surface area contributed by atoms with Crippen molar-refractivity contribution in [3.8, 4) is 0 Å². The Morgan fingerprint density at radius 2 is 2.10 bits per heavy atom. The monoisotopic (exact) mass is 316 g/mol. The maximum Gasteiger partial charge on any atom is 0.263 e. The number of nitrogens with one attached hydrogen (secondary N) is 1. The molecule has 21 heavy (non-hydrogen) atoms. The molecule has 3 rings (SSSR count). The number of hydrogen-bond donors (Lipinski definition) is 2. The van der Waals surface area contributed by atoms with Crippen molar-refractivity contribution in [3.63, 3.8) is 0 Å². The lowest BCUT2D eigenvalue weighted by Gasteiger charge is -2.04. The number of rotatable bonds is 3. The fraction of sp³-hybridized carbons (Fsp3) is 0.188. The molecule has 2 heterocycles. The van der Waals surface area contributed by atoms with E-state index in [4.69, 9.17) is 5.73 Å². The molecule has 3 aromatic rings. The second-order valence-corrected chi connectivity index (χ2v) is 6.90. The molecular weight excluding hydrogens is 300 g/mol. The summed E-state index contributed by atoms with van der Waals surface area (Å²) in [5.74, 6) is -0.100. The van der Waals surface area contributed by atoms with E-state index in [1.807, 2.05) is 19.1 Å². The van der Waals surface area contributed by atoms with Gasteiger partial charge in [-0.2, -0.15) is 11.3 Å². The first-order valence-corrected chi connectivity index (χ1v) is 8.40. The van der Waals surface area contributed by atoms with Crippen molar-refractivity contribution in [3.05, 3.63) is 50.5 Å². The summed E-state index contributed by atoms with van der Waals surface area (Å²) in [6.07, 6.45) is 0. The average Bonchev–Trinajstić information content (AvgIpc) is 3.00. The molecule has 5 heteroatoms. The van der Waals surface area contributed by atoms with Crippen LogP contribution < -0.4 is 11.1 Å². The Balaban J connectivity index is 1.84. The first kappa shape index (κ1) is 14.1. The van der Waals surface area contributed by atoms with E-state index in [-0.39, 0.29) is 5.91 Å². The number of anilines is 1. The second-order valence-electron chi connectivity index (χ2n) is 5.11. The van der Waals surface area contributed by atoms with Crippen LogP contribution in [0.25, 0.3) is 10.1 Å². The number of hydrogen-bond acceptors (Lipinski definition) is 4. The minimum absolute atomic E-state index is 0.100. The molecule has 3 N–H and O–H groups in total. The number of carbonyl (C=O) groups is 1. The van der Waals surface area contributed by atoms with Gasteiger partial charge in [-0.05, 0) is 47.4 Å². The molecule has 3 nitrogen and oxygen atoms in total. The first-order chi connectivity index (χ1) is 10.1. The highest BCUT2D eigenvalue weighted by Crippen LogP contribution is 2.34. The zero-order valence-electron chi connectivity index (χ0n) is 11.9. The zero-order valence-corrected chi connectivity index (χ0v) is 13.5. The highest BCUT2D eigenvalue weighted by Gasteiger charge is 2.16. The number of amides is 1. The molecule has 0 saturated heterocycles. The van der Waals surface area contributed by atoms with Crippen LogP contribution in [-0.4, -0.2) is 5.91 Å². The lowest BCUT2D eigenvalue weighted by Crippen LogP contribution is -2.22. The average molecular weight is 316 g/mol. The molecule has 108 valence electrons. The Morgan fingerprint density at radius 1 is 1.29 bits per heavy atom. The molecule has 0 unspecified atom stereocenters. The van der Waals surface area contributed by atoms with Crippen molar-refractivity contribution in [1.29, 1.82) is 0 Å². The molecule has 0 aliphatic carbocycles. The lowest BCUT2D eigenvalue weighted by atomic mass is 10.1. The Hall–Kier alpha value is -1.85. The normalized spacial score (nSPS) is 11.0. The van der Waals surface area contributed by atoms with E-state index in [9.17, 15) is 4.79 Å². The van der Waals surface area contributed by atoms with E-state index in [0.717, 1.165) is 15.6 Å². The summed E-state index contributed by atoms with van der Waals surface area (Å²) in [5.41, 5.74) is 10.2. The van der Waals surface area contributed by atoms with Crippen LogP contribution in [0.2, 0.25) is 0 Å². The summed E-state index contributed by atoms with van der Waals surface area (Å²) in [6, 6.07) is 6.06. The highest BCUT2D eigenvalue weighted by molar-refractivity contribution is 7.21. The number of thiophene rings is 2. The zero-order chi connectivity index (χ0) is 15.0. The maximum atomic E-state index is 12.3. The highest BCUT2D eigenvalue weighted by atomic mass is 32.1. The molecule has 0 radical (unpaired) electrons. The molecule has 1 amide bonds. The van der Waals surface area contributed by atoms with E-state index >= 15 is 0 Å². The largest absolute Gasteiger partial charge is 0.397 e. The topological polar surface area (TPSA) is 55.1 Å². The number of fused-ring (bicyclic) bond motifs is 1. The van der Waals surface area contributed by atoms with Crippen molar-refractivity contribution in [2.24, 2.45) is 0 Å². The van der Waals surface area contributed by atoms with Crippen molar-refractivity contribution in [2.75, 3.05) is 5.73 Å². The summed E-state index contributed by atoms with van der Waals surface area (Å²) in [6.45, 7) is 4.63. The van der Waals surface area contributed by atoms with Gasteiger partial charge in [-0.25, -0.2) is 0 Å². The maximum absolute atomic E-state index is 12.3. The molecule has 0 fully saturated rings. The third kappa shape index (κ3) is 2.66. The number of benzene rings is 1. The number of carbonyl (C=O) groups excluding carboxylic acids is 1. The van der Waals surface area contributed by atoms with Gasteiger partial charge in [0.2, 0.25) is 0 Å². The van der Waals surface area contributed by atoms with Crippen LogP contribution in [0, 0.1) is 13.8 Å². The van der Waals surface area contributed by atoms with E-state index < -0.39 is 0 Å². The SMILES string of the molecule is Cc1ccc2c(N)c(C(=O)NCc3cscc3C)sc2c1. The van der Waals surface area contributed by atoms with Crippen LogP contribution in [0.15, 0.2) is 29.0 Å². The molecule has 0 aliphatic heterocycles. The van der Waals surface area contributed by atoms with Crippen molar-refractivity contribution < 1.29 is 4.79 Å². The molecule has 0 saturated carbocycles. The standard InChI is InChI=1S/C16H16N2OS2/c1-9-3-4-12-13(5-9)21-15(14(12)17)16(19)18-6-11-8-20-7-10(11)2/h3-5,7-8H,6,17H2,1-2H3,(H,18,19). The number of nitrogens with two attached hydrogens (primary N) is 1. The molecular formula is C16H16N2OS2. The van der Waals surface area contributed by atoms with Crippen LogP contribution in [0.5, 0.6) is 0 Å². The van der Waals surface area contributed by atoms with Gasteiger partial charge in [0.05, 0.1) is 5.69 Å². The molecule has 0 aliphatic rings. The van der Waals surface area contributed by atoms with Crippen LogP contribution >= 0.6 is 22.7 Å². The fourth-order valence-corrected chi connectivity index (χ4v) is 4.21. The van der Waals surface area contributed by atoms with Gasteiger partial charge in [0.25, 0.3) is 5.91 Å². The third-order valence-electron chi connectivity index (χ3n) is 3.49. The Bertz CT molecular complexity index is 817. The van der Waals surface area contributed by atoms with Gasteiger partial charge >= 0.3 is 0 Å². The molecule has 0 atom stereocenters.